The standard InChI is InChI=1S/C17H27N3O3S/c1-24(22,23)20(14-16-10-6-7-12-18-16)13-11-17(21)19-15-8-4-2-3-5-9-15/h6-7,10,12,15H,2-5,8-9,11,13-14H2,1H3,(H,19,21). The molecule has 2 rings (SSSR count). The predicted octanol–water partition coefficient (Wildman–Crippen LogP) is 2.07. The fourth-order valence-electron chi connectivity index (χ4n) is 2.98. The molecule has 7 heteroatoms. The first-order chi connectivity index (χ1) is 11.4. The van der Waals surface area contributed by atoms with E-state index in [0.717, 1.165) is 25.7 Å². The van der Waals surface area contributed by atoms with Gasteiger partial charge in [0, 0.05) is 25.2 Å². The number of nitrogens with zero attached hydrogens (tertiary/aromatic N) is 2. The molecule has 0 unspecified atom stereocenters. The molecule has 1 amide bonds. The topological polar surface area (TPSA) is 79.4 Å². The summed E-state index contributed by atoms with van der Waals surface area (Å²) in [7, 11) is -3.38. The molecule has 24 heavy (non-hydrogen) atoms. The summed E-state index contributed by atoms with van der Waals surface area (Å²) in [5.41, 5.74) is 0.673. The van der Waals surface area contributed by atoms with Crippen LogP contribution in [0.2, 0.25) is 0 Å². The monoisotopic (exact) mass is 353 g/mol. The van der Waals surface area contributed by atoms with Crippen LogP contribution in [0.4, 0.5) is 0 Å². The van der Waals surface area contributed by atoms with Gasteiger partial charge in [0.25, 0.3) is 0 Å². The molecule has 0 saturated heterocycles. The quantitative estimate of drug-likeness (QED) is 0.761. The summed E-state index contributed by atoms with van der Waals surface area (Å²) in [5, 5.41) is 3.05. The molecule has 1 fully saturated rings. The third kappa shape index (κ3) is 6.57. The number of amides is 1. The van der Waals surface area contributed by atoms with Crippen LogP contribution in [0.25, 0.3) is 0 Å². The summed E-state index contributed by atoms with van der Waals surface area (Å²) in [6.45, 7) is 0.365. The van der Waals surface area contributed by atoms with E-state index in [1.54, 1.807) is 18.3 Å². The molecule has 0 bridgehead atoms. The van der Waals surface area contributed by atoms with Crippen LogP contribution in [0.5, 0.6) is 0 Å². The van der Waals surface area contributed by atoms with Crippen molar-refractivity contribution in [3.63, 3.8) is 0 Å². The van der Waals surface area contributed by atoms with Crippen molar-refractivity contribution in [1.82, 2.24) is 14.6 Å². The van der Waals surface area contributed by atoms with Crippen LogP contribution in [0, 0.1) is 0 Å². The van der Waals surface area contributed by atoms with E-state index in [9.17, 15) is 13.2 Å². The van der Waals surface area contributed by atoms with Crippen LogP contribution in [-0.4, -0.2) is 42.5 Å². The number of carbonyl (C=O) groups excluding carboxylic acids is 1. The Balaban J connectivity index is 1.86. The van der Waals surface area contributed by atoms with Crippen LogP contribution in [-0.2, 0) is 21.4 Å². The minimum absolute atomic E-state index is 0.0726. The summed E-state index contributed by atoms with van der Waals surface area (Å²) in [6, 6.07) is 5.63. The lowest BCUT2D eigenvalue weighted by Crippen LogP contribution is -2.38. The minimum atomic E-state index is -3.38. The molecule has 1 aromatic rings. The molecule has 6 nitrogen and oxygen atoms in total. The molecule has 0 radical (unpaired) electrons. The second-order valence-electron chi connectivity index (χ2n) is 6.42. The van der Waals surface area contributed by atoms with Crippen molar-refractivity contribution >= 4 is 15.9 Å². The highest BCUT2D eigenvalue weighted by atomic mass is 32.2. The van der Waals surface area contributed by atoms with E-state index in [1.165, 1.54) is 23.4 Å². The van der Waals surface area contributed by atoms with E-state index in [2.05, 4.69) is 10.3 Å². The fourth-order valence-corrected chi connectivity index (χ4v) is 3.77. The van der Waals surface area contributed by atoms with E-state index >= 15 is 0 Å². The summed E-state index contributed by atoms with van der Waals surface area (Å²) in [6.07, 6.45) is 9.80. The molecule has 0 atom stereocenters. The summed E-state index contributed by atoms with van der Waals surface area (Å²) in [5.74, 6) is -0.0726. The third-order valence-electron chi connectivity index (χ3n) is 4.34. The molecule has 0 spiro atoms. The number of rotatable bonds is 7. The first-order valence-corrected chi connectivity index (χ1v) is 10.4. The average Bonchev–Trinajstić information content (AvgIpc) is 2.80. The van der Waals surface area contributed by atoms with Gasteiger partial charge >= 0.3 is 0 Å². The molecule has 0 aliphatic heterocycles. The molecular formula is C17H27N3O3S. The van der Waals surface area contributed by atoms with Gasteiger partial charge in [0.05, 0.1) is 18.5 Å². The Bertz CT molecular complexity index is 611. The van der Waals surface area contributed by atoms with Gasteiger partial charge in [-0.2, -0.15) is 4.31 Å². The largest absolute Gasteiger partial charge is 0.353 e. The molecule has 1 aromatic heterocycles. The lowest BCUT2D eigenvalue weighted by atomic mass is 10.1. The lowest BCUT2D eigenvalue weighted by molar-refractivity contribution is -0.122. The normalized spacial score (nSPS) is 16.8. The highest BCUT2D eigenvalue weighted by Crippen LogP contribution is 2.17. The van der Waals surface area contributed by atoms with Gasteiger partial charge in [-0.1, -0.05) is 31.7 Å². The molecule has 0 aromatic carbocycles. The summed E-state index contributed by atoms with van der Waals surface area (Å²) >= 11 is 0. The first kappa shape index (κ1) is 18.9. The van der Waals surface area contributed by atoms with Gasteiger partial charge in [-0.25, -0.2) is 8.42 Å². The second kappa shape index (κ2) is 9.13. The van der Waals surface area contributed by atoms with Gasteiger partial charge in [-0.05, 0) is 25.0 Å². The average molecular weight is 353 g/mol. The van der Waals surface area contributed by atoms with Gasteiger partial charge in [-0.15, -0.1) is 0 Å². The Hall–Kier alpha value is -1.47. The highest BCUT2D eigenvalue weighted by molar-refractivity contribution is 7.88. The number of carbonyl (C=O) groups is 1. The summed E-state index contributed by atoms with van der Waals surface area (Å²) in [4.78, 5) is 16.3. The number of hydrogen-bond acceptors (Lipinski definition) is 4. The summed E-state index contributed by atoms with van der Waals surface area (Å²) < 4.78 is 25.2. The van der Waals surface area contributed by atoms with Gasteiger partial charge in [0.2, 0.25) is 15.9 Å². The Kier molecular flexibility index (Phi) is 7.17. The highest BCUT2D eigenvalue weighted by Gasteiger charge is 2.20. The maximum atomic E-state index is 12.2. The minimum Gasteiger partial charge on any atom is -0.353 e. The number of nitrogens with one attached hydrogen (secondary N) is 1. The van der Waals surface area contributed by atoms with Gasteiger partial charge < -0.3 is 5.32 Å². The number of sulfonamides is 1. The Morgan fingerprint density at radius 3 is 2.54 bits per heavy atom. The molecule has 1 heterocycles. The lowest BCUT2D eigenvalue weighted by Gasteiger charge is -2.21. The predicted molar refractivity (Wildman–Crippen MR) is 93.7 cm³/mol. The zero-order valence-corrected chi connectivity index (χ0v) is 15.1. The van der Waals surface area contributed by atoms with Crippen molar-refractivity contribution in [2.75, 3.05) is 12.8 Å². The van der Waals surface area contributed by atoms with Crippen molar-refractivity contribution < 1.29 is 13.2 Å². The van der Waals surface area contributed by atoms with E-state index in [4.69, 9.17) is 0 Å². The molecule has 134 valence electrons. The third-order valence-corrected chi connectivity index (χ3v) is 5.59. The number of aromatic nitrogens is 1. The van der Waals surface area contributed by atoms with E-state index in [0.29, 0.717) is 5.69 Å². The molecule has 1 aliphatic carbocycles. The first-order valence-electron chi connectivity index (χ1n) is 8.59. The van der Waals surface area contributed by atoms with E-state index in [-0.39, 0.29) is 31.5 Å². The van der Waals surface area contributed by atoms with Gasteiger partial charge in [0.1, 0.15) is 0 Å². The van der Waals surface area contributed by atoms with Crippen LogP contribution in [0.3, 0.4) is 0 Å². The van der Waals surface area contributed by atoms with Crippen molar-refractivity contribution in [1.29, 1.82) is 0 Å². The Morgan fingerprint density at radius 1 is 1.25 bits per heavy atom. The molecule has 1 N–H and O–H groups in total. The molecule has 1 saturated carbocycles. The smallest absolute Gasteiger partial charge is 0.221 e. The van der Waals surface area contributed by atoms with Crippen molar-refractivity contribution in [2.45, 2.75) is 57.5 Å². The number of hydrogen-bond donors (Lipinski definition) is 1. The van der Waals surface area contributed by atoms with E-state index < -0.39 is 10.0 Å². The van der Waals surface area contributed by atoms with E-state index in [1.807, 2.05) is 6.07 Å². The second-order valence-corrected chi connectivity index (χ2v) is 8.41. The van der Waals surface area contributed by atoms with Crippen LogP contribution in [0.15, 0.2) is 24.4 Å². The van der Waals surface area contributed by atoms with Crippen molar-refractivity contribution in [2.24, 2.45) is 0 Å². The van der Waals surface area contributed by atoms with Crippen molar-refractivity contribution in [3.8, 4) is 0 Å². The Morgan fingerprint density at radius 2 is 1.96 bits per heavy atom. The van der Waals surface area contributed by atoms with Gasteiger partial charge in [0.15, 0.2) is 0 Å². The van der Waals surface area contributed by atoms with Crippen molar-refractivity contribution in [3.05, 3.63) is 30.1 Å². The maximum Gasteiger partial charge on any atom is 0.221 e. The molecular weight excluding hydrogens is 326 g/mol. The Labute approximate surface area is 144 Å². The molecule has 1 aliphatic rings. The van der Waals surface area contributed by atoms with Crippen LogP contribution in [0.1, 0.15) is 50.6 Å². The van der Waals surface area contributed by atoms with Gasteiger partial charge in [-0.3, -0.25) is 9.78 Å². The maximum absolute atomic E-state index is 12.2. The zero-order valence-electron chi connectivity index (χ0n) is 14.3. The van der Waals surface area contributed by atoms with Crippen LogP contribution < -0.4 is 5.32 Å². The fraction of sp³-hybridized carbons (Fsp3) is 0.647. The SMILES string of the molecule is CS(=O)(=O)N(CCC(=O)NC1CCCCCC1)Cc1ccccn1. The zero-order chi connectivity index (χ0) is 17.4. The number of pyridine rings is 1. The van der Waals surface area contributed by atoms with Crippen LogP contribution >= 0.6 is 0 Å².